The molecular formula is C14H16N6. The molecule has 3 rings (SSSR count). The highest BCUT2D eigenvalue weighted by atomic mass is 15.3. The van der Waals surface area contributed by atoms with E-state index in [4.69, 9.17) is 5.73 Å². The summed E-state index contributed by atoms with van der Waals surface area (Å²) in [6.07, 6.45) is 8.02. The van der Waals surface area contributed by atoms with Crippen LogP contribution in [-0.4, -0.2) is 24.3 Å². The molecule has 0 amide bonds. The van der Waals surface area contributed by atoms with E-state index in [0.717, 1.165) is 24.2 Å². The second kappa shape index (κ2) is 5.16. The van der Waals surface area contributed by atoms with Gasteiger partial charge in [0, 0.05) is 43.7 Å². The fraction of sp³-hybridized carbons (Fsp3) is 0.214. The van der Waals surface area contributed by atoms with E-state index in [-0.39, 0.29) is 0 Å². The third kappa shape index (κ3) is 2.27. The van der Waals surface area contributed by atoms with Gasteiger partial charge in [-0.2, -0.15) is 5.10 Å². The Morgan fingerprint density at radius 2 is 2.15 bits per heavy atom. The number of rotatable bonds is 4. The van der Waals surface area contributed by atoms with Gasteiger partial charge < -0.3 is 10.3 Å². The minimum Gasteiger partial charge on any atom is -0.383 e. The van der Waals surface area contributed by atoms with E-state index in [9.17, 15) is 0 Å². The highest BCUT2D eigenvalue weighted by Crippen LogP contribution is 2.23. The van der Waals surface area contributed by atoms with Crippen molar-refractivity contribution in [3.8, 4) is 11.3 Å². The number of nitrogen functional groups attached to an aromatic ring is 1. The molecule has 0 saturated heterocycles. The topological polar surface area (TPSA) is 74.5 Å². The van der Waals surface area contributed by atoms with E-state index in [1.165, 1.54) is 5.69 Å². The van der Waals surface area contributed by atoms with Gasteiger partial charge in [-0.25, -0.2) is 9.97 Å². The number of imidazole rings is 1. The van der Waals surface area contributed by atoms with Crippen LogP contribution >= 0.6 is 0 Å². The summed E-state index contributed by atoms with van der Waals surface area (Å²) in [5.74, 6) is 0.523. The van der Waals surface area contributed by atoms with Gasteiger partial charge in [-0.15, -0.1) is 0 Å². The molecule has 3 aromatic heterocycles. The third-order valence-corrected chi connectivity index (χ3v) is 3.36. The van der Waals surface area contributed by atoms with E-state index in [2.05, 4.69) is 19.6 Å². The molecule has 0 aliphatic carbocycles. The zero-order valence-corrected chi connectivity index (χ0v) is 11.3. The lowest BCUT2D eigenvalue weighted by Gasteiger charge is -2.09. The van der Waals surface area contributed by atoms with Crippen molar-refractivity contribution in [2.75, 3.05) is 5.73 Å². The zero-order valence-electron chi connectivity index (χ0n) is 11.3. The van der Waals surface area contributed by atoms with Crippen molar-refractivity contribution in [2.24, 2.45) is 7.05 Å². The number of hydrogen-bond acceptors (Lipinski definition) is 4. The van der Waals surface area contributed by atoms with Crippen LogP contribution in [0.5, 0.6) is 0 Å². The van der Waals surface area contributed by atoms with Gasteiger partial charge in [-0.1, -0.05) is 0 Å². The smallest absolute Gasteiger partial charge is 0.132 e. The SMILES string of the molecule is Cn1nccc1CCn1cncc1-c1cccnc1N. The first-order chi connectivity index (χ1) is 9.75. The largest absolute Gasteiger partial charge is 0.383 e. The first kappa shape index (κ1) is 12.4. The molecule has 0 spiro atoms. The van der Waals surface area contributed by atoms with Crippen LogP contribution < -0.4 is 5.73 Å². The van der Waals surface area contributed by atoms with E-state index in [1.807, 2.05) is 48.6 Å². The molecule has 0 aliphatic rings. The van der Waals surface area contributed by atoms with Crippen molar-refractivity contribution in [3.05, 3.63) is 48.8 Å². The fourth-order valence-electron chi connectivity index (χ4n) is 2.24. The predicted octanol–water partition coefficient (Wildman–Crippen LogP) is 1.50. The van der Waals surface area contributed by atoms with Crippen LogP contribution in [0.4, 0.5) is 5.82 Å². The van der Waals surface area contributed by atoms with Gasteiger partial charge in [0.1, 0.15) is 5.82 Å². The molecule has 0 aromatic carbocycles. The fourth-order valence-corrected chi connectivity index (χ4v) is 2.24. The van der Waals surface area contributed by atoms with E-state index in [1.54, 1.807) is 6.20 Å². The summed E-state index contributed by atoms with van der Waals surface area (Å²) in [7, 11) is 1.95. The van der Waals surface area contributed by atoms with Crippen LogP contribution in [0.3, 0.4) is 0 Å². The quantitative estimate of drug-likeness (QED) is 0.778. The molecule has 0 atom stereocenters. The van der Waals surface area contributed by atoms with E-state index < -0.39 is 0 Å². The van der Waals surface area contributed by atoms with E-state index >= 15 is 0 Å². The first-order valence-corrected chi connectivity index (χ1v) is 6.43. The Morgan fingerprint density at radius 3 is 2.90 bits per heavy atom. The Bertz CT molecular complexity index is 712. The number of hydrogen-bond donors (Lipinski definition) is 1. The van der Waals surface area contributed by atoms with Crippen LogP contribution in [0.2, 0.25) is 0 Å². The van der Waals surface area contributed by atoms with Crippen LogP contribution in [0.1, 0.15) is 5.69 Å². The molecule has 3 aromatic rings. The standard InChI is InChI=1S/C14H16N6/c1-19-11(4-7-18-19)5-8-20-10-16-9-13(20)12-3-2-6-17-14(12)15/h2-4,6-7,9-10H,5,8H2,1H3,(H2,15,17). The maximum atomic E-state index is 5.93. The second-order valence-corrected chi connectivity index (χ2v) is 4.60. The lowest BCUT2D eigenvalue weighted by Crippen LogP contribution is -2.06. The van der Waals surface area contributed by atoms with Crippen LogP contribution in [-0.2, 0) is 20.0 Å². The van der Waals surface area contributed by atoms with Crippen molar-refractivity contribution in [1.29, 1.82) is 0 Å². The second-order valence-electron chi connectivity index (χ2n) is 4.60. The summed E-state index contributed by atoms with van der Waals surface area (Å²) >= 11 is 0. The molecule has 6 nitrogen and oxygen atoms in total. The molecule has 0 fully saturated rings. The van der Waals surface area contributed by atoms with Crippen molar-refractivity contribution >= 4 is 5.82 Å². The molecule has 3 heterocycles. The maximum Gasteiger partial charge on any atom is 0.132 e. The van der Waals surface area contributed by atoms with Crippen molar-refractivity contribution in [2.45, 2.75) is 13.0 Å². The van der Waals surface area contributed by atoms with Gasteiger partial charge in [-0.3, -0.25) is 4.68 Å². The molecule has 20 heavy (non-hydrogen) atoms. The molecule has 0 radical (unpaired) electrons. The summed E-state index contributed by atoms with van der Waals surface area (Å²) in [4.78, 5) is 8.34. The van der Waals surface area contributed by atoms with Crippen molar-refractivity contribution in [1.82, 2.24) is 24.3 Å². The molecule has 0 bridgehead atoms. The molecular weight excluding hydrogens is 252 g/mol. The van der Waals surface area contributed by atoms with E-state index in [0.29, 0.717) is 5.82 Å². The monoisotopic (exact) mass is 268 g/mol. The van der Waals surface area contributed by atoms with Gasteiger partial charge >= 0.3 is 0 Å². The molecule has 0 unspecified atom stereocenters. The van der Waals surface area contributed by atoms with Crippen LogP contribution in [0.25, 0.3) is 11.3 Å². The highest BCUT2D eigenvalue weighted by Gasteiger charge is 2.09. The zero-order chi connectivity index (χ0) is 13.9. The summed E-state index contributed by atoms with van der Waals surface area (Å²) in [6, 6.07) is 5.86. The molecule has 2 N–H and O–H groups in total. The predicted molar refractivity (Wildman–Crippen MR) is 76.8 cm³/mol. The minimum atomic E-state index is 0.523. The molecule has 0 saturated carbocycles. The summed E-state index contributed by atoms with van der Waals surface area (Å²) in [6.45, 7) is 0.823. The Labute approximate surface area is 116 Å². The molecule has 6 heteroatoms. The minimum absolute atomic E-state index is 0.523. The van der Waals surface area contributed by atoms with Gasteiger partial charge in [0.2, 0.25) is 0 Å². The normalized spacial score (nSPS) is 10.8. The Balaban J connectivity index is 1.84. The first-order valence-electron chi connectivity index (χ1n) is 6.43. The Hall–Kier alpha value is -2.63. The van der Waals surface area contributed by atoms with Crippen LogP contribution in [0, 0.1) is 0 Å². The van der Waals surface area contributed by atoms with Gasteiger partial charge in [0.25, 0.3) is 0 Å². The van der Waals surface area contributed by atoms with Crippen molar-refractivity contribution < 1.29 is 0 Å². The third-order valence-electron chi connectivity index (χ3n) is 3.36. The summed E-state index contributed by atoms with van der Waals surface area (Å²) in [5, 5.41) is 4.17. The van der Waals surface area contributed by atoms with Gasteiger partial charge in [0.05, 0.1) is 18.2 Å². The number of anilines is 1. The summed E-state index contributed by atoms with van der Waals surface area (Å²) < 4.78 is 3.97. The van der Waals surface area contributed by atoms with Crippen molar-refractivity contribution in [3.63, 3.8) is 0 Å². The number of nitrogens with zero attached hydrogens (tertiary/aromatic N) is 5. The highest BCUT2D eigenvalue weighted by molar-refractivity contribution is 5.70. The van der Waals surface area contributed by atoms with Crippen LogP contribution in [0.15, 0.2) is 43.1 Å². The number of pyridine rings is 1. The number of aromatic nitrogens is 5. The number of aryl methyl sites for hydroxylation is 3. The average molecular weight is 268 g/mol. The average Bonchev–Trinajstić information content (AvgIpc) is 3.06. The molecule has 0 aliphatic heterocycles. The Morgan fingerprint density at radius 1 is 1.25 bits per heavy atom. The van der Waals surface area contributed by atoms with Gasteiger partial charge in [-0.05, 0) is 18.2 Å². The van der Waals surface area contributed by atoms with Gasteiger partial charge in [0.15, 0.2) is 0 Å². The lowest BCUT2D eigenvalue weighted by atomic mass is 10.2. The number of nitrogens with two attached hydrogens (primary N) is 1. The molecule has 102 valence electrons. The maximum absolute atomic E-state index is 5.93. The Kier molecular flexibility index (Phi) is 3.20. The summed E-state index contributed by atoms with van der Waals surface area (Å²) in [5.41, 5.74) is 9.01. The lowest BCUT2D eigenvalue weighted by molar-refractivity contribution is 0.639.